The van der Waals surface area contributed by atoms with Gasteiger partial charge in [0.1, 0.15) is 0 Å². The summed E-state index contributed by atoms with van der Waals surface area (Å²) in [6.07, 6.45) is 0. The number of sulfonamides is 1. The maximum atomic E-state index is 12.9. The van der Waals surface area contributed by atoms with Crippen molar-refractivity contribution in [3.05, 3.63) is 23.3 Å². The van der Waals surface area contributed by atoms with Gasteiger partial charge in [0.05, 0.1) is 30.8 Å². The van der Waals surface area contributed by atoms with Crippen LogP contribution in [0.3, 0.4) is 0 Å². The number of benzene rings is 1. The zero-order valence-electron chi connectivity index (χ0n) is 12.6. The highest BCUT2D eigenvalue weighted by molar-refractivity contribution is 7.89. The summed E-state index contributed by atoms with van der Waals surface area (Å²) in [7, 11) is -1.85. The Morgan fingerprint density at radius 2 is 2.00 bits per heavy atom. The molecule has 0 spiro atoms. The topological polar surface area (TPSA) is 78.9 Å². The van der Waals surface area contributed by atoms with Gasteiger partial charge < -0.3 is 15.2 Å². The second kappa shape index (κ2) is 6.31. The summed E-state index contributed by atoms with van der Waals surface area (Å²) in [6.45, 7) is 4.17. The first-order chi connectivity index (χ1) is 9.91. The molecule has 0 saturated carbocycles. The minimum atomic E-state index is -3.64. The summed E-state index contributed by atoms with van der Waals surface area (Å²) in [5.41, 5.74) is 2.27. The van der Waals surface area contributed by atoms with E-state index in [9.17, 15) is 13.5 Å². The zero-order valence-corrected chi connectivity index (χ0v) is 13.4. The Labute approximate surface area is 125 Å². The number of anilines is 1. The Hall–Kier alpha value is -1.15. The number of ether oxygens (including phenoxy) is 1. The summed E-state index contributed by atoms with van der Waals surface area (Å²) in [4.78, 5) is 0.321. The lowest BCUT2D eigenvalue weighted by atomic mass is 10.1. The fraction of sp³-hybridized carbons (Fsp3) is 0.571. The quantitative estimate of drug-likeness (QED) is 0.856. The van der Waals surface area contributed by atoms with Gasteiger partial charge in [-0.15, -0.1) is 0 Å². The summed E-state index contributed by atoms with van der Waals surface area (Å²) in [5, 5.41) is 12.4. The Morgan fingerprint density at radius 3 is 2.52 bits per heavy atom. The lowest BCUT2D eigenvalue weighted by molar-refractivity contribution is 0.0109. The monoisotopic (exact) mass is 314 g/mol. The van der Waals surface area contributed by atoms with E-state index in [2.05, 4.69) is 5.32 Å². The predicted octanol–water partition coefficient (Wildman–Crippen LogP) is 0.727. The van der Waals surface area contributed by atoms with Crippen molar-refractivity contribution in [3.63, 3.8) is 0 Å². The van der Waals surface area contributed by atoms with Crippen LogP contribution >= 0.6 is 0 Å². The third-order valence-electron chi connectivity index (χ3n) is 3.70. The predicted molar refractivity (Wildman–Crippen MR) is 81.0 cm³/mol. The van der Waals surface area contributed by atoms with Crippen LogP contribution in [0.15, 0.2) is 17.0 Å². The van der Waals surface area contributed by atoms with Crippen molar-refractivity contribution in [2.75, 3.05) is 38.7 Å². The van der Waals surface area contributed by atoms with Crippen LogP contribution in [0, 0.1) is 13.8 Å². The first kappa shape index (κ1) is 16.2. The molecule has 1 unspecified atom stereocenters. The molecule has 0 bridgehead atoms. The van der Waals surface area contributed by atoms with Crippen LogP contribution in [0.2, 0.25) is 0 Å². The van der Waals surface area contributed by atoms with Gasteiger partial charge in [0.15, 0.2) is 0 Å². The van der Waals surface area contributed by atoms with E-state index in [1.165, 1.54) is 4.31 Å². The van der Waals surface area contributed by atoms with E-state index < -0.39 is 16.1 Å². The summed E-state index contributed by atoms with van der Waals surface area (Å²) >= 11 is 0. The number of nitrogens with one attached hydrogen (secondary N) is 1. The second-order valence-electron chi connectivity index (χ2n) is 5.22. The highest BCUT2D eigenvalue weighted by atomic mass is 32.2. The molecule has 1 fully saturated rings. The summed E-state index contributed by atoms with van der Waals surface area (Å²) in [6, 6.07) is 3.11. The molecule has 1 aromatic rings. The number of nitrogens with zero attached hydrogens (tertiary/aromatic N) is 1. The van der Waals surface area contributed by atoms with Crippen molar-refractivity contribution >= 4 is 15.7 Å². The Balaban J connectivity index is 2.48. The van der Waals surface area contributed by atoms with Gasteiger partial charge in [-0.05, 0) is 37.1 Å². The average Bonchev–Trinajstić information content (AvgIpc) is 2.46. The molecule has 0 aromatic heterocycles. The van der Waals surface area contributed by atoms with Gasteiger partial charge in [-0.1, -0.05) is 0 Å². The molecule has 1 saturated heterocycles. The minimum Gasteiger partial charge on any atom is -0.395 e. The minimum absolute atomic E-state index is 0.225. The molecule has 118 valence electrons. The van der Waals surface area contributed by atoms with E-state index >= 15 is 0 Å². The third kappa shape index (κ3) is 3.06. The molecule has 1 aliphatic heterocycles. The van der Waals surface area contributed by atoms with Crippen LogP contribution in [-0.4, -0.2) is 57.3 Å². The van der Waals surface area contributed by atoms with Gasteiger partial charge in [-0.3, -0.25) is 0 Å². The molecule has 0 radical (unpaired) electrons. The van der Waals surface area contributed by atoms with Crippen molar-refractivity contribution in [1.82, 2.24) is 4.31 Å². The van der Waals surface area contributed by atoms with Gasteiger partial charge >= 0.3 is 0 Å². The van der Waals surface area contributed by atoms with Crippen LogP contribution in [0.25, 0.3) is 0 Å². The van der Waals surface area contributed by atoms with Gasteiger partial charge in [0.25, 0.3) is 0 Å². The lowest BCUT2D eigenvalue weighted by Gasteiger charge is -2.34. The molecular formula is C14H22N2O4S. The summed E-state index contributed by atoms with van der Waals surface area (Å²) < 4.78 is 32.5. The van der Waals surface area contributed by atoms with Crippen LogP contribution in [0.5, 0.6) is 0 Å². The number of aliphatic hydroxyl groups excluding tert-OH is 1. The number of morpholine rings is 1. The molecule has 0 amide bonds. The standard InChI is InChI=1S/C14H22N2O4S/c1-10-6-12(15-3)7-11(2)14(10)21(18,19)16-4-5-20-9-13(16)8-17/h6-7,13,15,17H,4-5,8-9H2,1-3H3. The maximum absolute atomic E-state index is 12.9. The van der Waals surface area contributed by atoms with Crippen LogP contribution in [0.4, 0.5) is 5.69 Å². The van der Waals surface area contributed by atoms with Crippen LogP contribution in [-0.2, 0) is 14.8 Å². The Kier molecular flexibility index (Phi) is 4.88. The first-order valence-electron chi connectivity index (χ1n) is 6.91. The SMILES string of the molecule is CNc1cc(C)c(S(=O)(=O)N2CCOCC2CO)c(C)c1. The highest BCUT2D eigenvalue weighted by Crippen LogP contribution is 2.29. The molecule has 0 aliphatic carbocycles. The van der Waals surface area contributed by atoms with Gasteiger partial charge in [-0.25, -0.2) is 8.42 Å². The molecule has 7 heteroatoms. The van der Waals surface area contributed by atoms with E-state index in [0.29, 0.717) is 22.6 Å². The molecule has 2 rings (SSSR count). The van der Waals surface area contributed by atoms with Gasteiger partial charge in [0, 0.05) is 19.3 Å². The maximum Gasteiger partial charge on any atom is 0.244 e. The number of rotatable bonds is 4. The number of hydrogen-bond donors (Lipinski definition) is 2. The molecule has 21 heavy (non-hydrogen) atoms. The van der Waals surface area contributed by atoms with Crippen molar-refractivity contribution in [3.8, 4) is 0 Å². The van der Waals surface area contributed by atoms with Crippen molar-refractivity contribution < 1.29 is 18.3 Å². The fourth-order valence-electron chi connectivity index (χ4n) is 2.72. The van der Waals surface area contributed by atoms with E-state index in [4.69, 9.17) is 4.74 Å². The van der Waals surface area contributed by atoms with Crippen molar-refractivity contribution in [2.45, 2.75) is 24.8 Å². The zero-order chi connectivity index (χ0) is 15.6. The molecule has 1 heterocycles. The number of aliphatic hydroxyl groups is 1. The normalized spacial score (nSPS) is 20.5. The Morgan fingerprint density at radius 1 is 1.38 bits per heavy atom. The van der Waals surface area contributed by atoms with Crippen LogP contribution < -0.4 is 5.32 Å². The van der Waals surface area contributed by atoms with Gasteiger partial charge in [-0.2, -0.15) is 4.31 Å². The van der Waals surface area contributed by atoms with E-state index in [1.54, 1.807) is 20.9 Å². The van der Waals surface area contributed by atoms with Crippen molar-refractivity contribution in [1.29, 1.82) is 0 Å². The summed E-state index contributed by atoms with van der Waals surface area (Å²) in [5.74, 6) is 0. The molecule has 2 N–H and O–H groups in total. The second-order valence-corrected chi connectivity index (χ2v) is 7.04. The Bertz CT molecular complexity index is 592. The average molecular weight is 314 g/mol. The number of hydrogen-bond acceptors (Lipinski definition) is 5. The largest absolute Gasteiger partial charge is 0.395 e. The molecule has 1 aromatic carbocycles. The number of aryl methyl sites for hydroxylation is 2. The van der Waals surface area contributed by atoms with E-state index in [1.807, 2.05) is 12.1 Å². The third-order valence-corrected chi connectivity index (χ3v) is 5.96. The molecular weight excluding hydrogens is 292 g/mol. The highest BCUT2D eigenvalue weighted by Gasteiger charge is 2.35. The van der Waals surface area contributed by atoms with Gasteiger partial charge in [0.2, 0.25) is 10.0 Å². The van der Waals surface area contributed by atoms with E-state index in [-0.39, 0.29) is 19.8 Å². The van der Waals surface area contributed by atoms with Crippen molar-refractivity contribution in [2.24, 2.45) is 0 Å². The smallest absolute Gasteiger partial charge is 0.244 e. The molecule has 1 atom stereocenters. The van der Waals surface area contributed by atoms with E-state index in [0.717, 1.165) is 5.69 Å². The molecule has 6 nitrogen and oxygen atoms in total. The lowest BCUT2D eigenvalue weighted by Crippen LogP contribution is -2.50. The fourth-order valence-corrected chi connectivity index (χ4v) is 4.72. The molecule has 1 aliphatic rings. The van der Waals surface area contributed by atoms with Crippen LogP contribution in [0.1, 0.15) is 11.1 Å². The first-order valence-corrected chi connectivity index (χ1v) is 8.35.